The van der Waals surface area contributed by atoms with E-state index in [1.54, 1.807) is 6.92 Å². The van der Waals surface area contributed by atoms with Crippen LogP contribution in [0.5, 0.6) is 0 Å². The molecule has 0 heterocycles. The number of rotatable bonds is 5. The molecule has 0 saturated heterocycles. The summed E-state index contributed by atoms with van der Waals surface area (Å²) in [5.41, 5.74) is 0. The Morgan fingerprint density at radius 1 is 1.46 bits per heavy atom. The smallest absolute Gasteiger partial charge is 0.217 e. The van der Waals surface area contributed by atoms with E-state index in [1.165, 1.54) is 7.05 Å². The molecule has 0 aliphatic heterocycles. The molecule has 0 radical (unpaired) electrons. The van der Waals surface area contributed by atoms with Crippen molar-refractivity contribution in [1.29, 1.82) is 5.26 Å². The standard InChI is InChI=1S/C8H16N2O2S/c1-4-6-8(5-2,7-9)13(11,12)10-3/h10H,4-6H2,1-3H3. The predicted molar refractivity (Wildman–Crippen MR) is 51.5 cm³/mol. The minimum Gasteiger partial charge on any atom is -0.217 e. The number of nitrogens with zero attached hydrogens (tertiary/aromatic N) is 1. The van der Waals surface area contributed by atoms with Crippen molar-refractivity contribution in [3.05, 3.63) is 0 Å². The van der Waals surface area contributed by atoms with Gasteiger partial charge in [0.2, 0.25) is 10.0 Å². The van der Waals surface area contributed by atoms with Crippen LogP contribution in [0, 0.1) is 11.3 Å². The van der Waals surface area contributed by atoms with Crippen molar-refractivity contribution in [2.45, 2.75) is 37.9 Å². The van der Waals surface area contributed by atoms with Crippen LogP contribution in [-0.4, -0.2) is 20.2 Å². The molecule has 1 N–H and O–H groups in total. The van der Waals surface area contributed by atoms with E-state index in [0.29, 0.717) is 19.3 Å². The lowest BCUT2D eigenvalue weighted by Gasteiger charge is -2.23. The van der Waals surface area contributed by atoms with Gasteiger partial charge in [0.15, 0.2) is 4.75 Å². The molecule has 1 atom stereocenters. The third kappa shape index (κ3) is 2.20. The second kappa shape index (κ2) is 4.58. The first-order valence-electron chi connectivity index (χ1n) is 4.34. The first-order chi connectivity index (χ1) is 5.99. The minimum absolute atomic E-state index is 0.320. The minimum atomic E-state index is -3.50. The highest BCUT2D eigenvalue weighted by Crippen LogP contribution is 2.25. The van der Waals surface area contributed by atoms with Crippen LogP contribution in [0.4, 0.5) is 0 Å². The van der Waals surface area contributed by atoms with Gasteiger partial charge >= 0.3 is 0 Å². The lowest BCUT2D eigenvalue weighted by atomic mass is 10.0. The fourth-order valence-corrected chi connectivity index (χ4v) is 2.66. The van der Waals surface area contributed by atoms with E-state index in [2.05, 4.69) is 4.72 Å². The van der Waals surface area contributed by atoms with Gasteiger partial charge in [-0.3, -0.25) is 0 Å². The molecule has 0 rings (SSSR count). The number of sulfonamides is 1. The molecule has 0 aromatic heterocycles. The zero-order chi connectivity index (χ0) is 10.5. The van der Waals surface area contributed by atoms with E-state index in [1.807, 2.05) is 13.0 Å². The van der Waals surface area contributed by atoms with Crippen LogP contribution >= 0.6 is 0 Å². The zero-order valence-corrected chi connectivity index (χ0v) is 9.11. The lowest BCUT2D eigenvalue weighted by Crippen LogP contribution is -2.43. The SMILES string of the molecule is CCCC(C#N)(CC)S(=O)(=O)NC. The van der Waals surface area contributed by atoms with Crippen LogP contribution in [-0.2, 0) is 10.0 Å². The summed E-state index contributed by atoms with van der Waals surface area (Å²) in [5, 5.41) is 8.91. The molecule has 0 fully saturated rings. The van der Waals surface area contributed by atoms with E-state index >= 15 is 0 Å². The van der Waals surface area contributed by atoms with Gasteiger partial charge in [-0.25, -0.2) is 13.1 Å². The average Bonchev–Trinajstić information content (AvgIpc) is 2.14. The molecule has 0 aliphatic carbocycles. The Morgan fingerprint density at radius 2 is 2.00 bits per heavy atom. The second-order valence-electron chi connectivity index (χ2n) is 2.92. The average molecular weight is 204 g/mol. The highest BCUT2D eigenvalue weighted by molar-refractivity contribution is 7.91. The Kier molecular flexibility index (Phi) is 4.37. The molecule has 0 bridgehead atoms. The highest BCUT2D eigenvalue weighted by Gasteiger charge is 2.40. The van der Waals surface area contributed by atoms with Crippen molar-refractivity contribution in [3.8, 4) is 6.07 Å². The summed E-state index contributed by atoms with van der Waals surface area (Å²) in [5.74, 6) is 0. The van der Waals surface area contributed by atoms with E-state index < -0.39 is 14.8 Å². The first-order valence-corrected chi connectivity index (χ1v) is 5.82. The van der Waals surface area contributed by atoms with Gasteiger partial charge in [-0.2, -0.15) is 5.26 Å². The Bertz CT molecular complexity index is 292. The Morgan fingerprint density at radius 3 is 2.23 bits per heavy atom. The molecule has 0 aliphatic rings. The molecule has 1 unspecified atom stereocenters. The molecule has 76 valence electrons. The third-order valence-electron chi connectivity index (χ3n) is 2.21. The first kappa shape index (κ1) is 12.4. The fourth-order valence-electron chi connectivity index (χ4n) is 1.30. The molecule has 13 heavy (non-hydrogen) atoms. The number of nitrogens with one attached hydrogen (secondary N) is 1. The van der Waals surface area contributed by atoms with Crippen LogP contribution in [0.3, 0.4) is 0 Å². The van der Waals surface area contributed by atoms with Crippen molar-refractivity contribution < 1.29 is 8.42 Å². The number of hydrogen-bond acceptors (Lipinski definition) is 3. The maximum atomic E-state index is 11.5. The van der Waals surface area contributed by atoms with Crippen LogP contribution in [0.1, 0.15) is 33.1 Å². The maximum Gasteiger partial charge on any atom is 0.230 e. The summed E-state index contributed by atoms with van der Waals surface area (Å²) < 4.78 is 24.0. The third-order valence-corrected chi connectivity index (χ3v) is 4.36. The van der Waals surface area contributed by atoms with Gasteiger partial charge in [0.05, 0.1) is 6.07 Å². The van der Waals surface area contributed by atoms with E-state index in [4.69, 9.17) is 5.26 Å². The number of hydrogen-bond donors (Lipinski definition) is 1. The summed E-state index contributed by atoms with van der Waals surface area (Å²) >= 11 is 0. The Labute approximate surface area is 80.0 Å². The predicted octanol–water partition coefficient (Wildman–Crippen LogP) is 1.01. The van der Waals surface area contributed by atoms with E-state index in [9.17, 15) is 8.42 Å². The van der Waals surface area contributed by atoms with Gasteiger partial charge in [-0.15, -0.1) is 0 Å². The molecule has 0 aromatic rings. The molecular formula is C8H16N2O2S. The van der Waals surface area contributed by atoms with Crippen LogP contribution in [0.15, 0.2) is 0 Å². The normalized spacial score (nSPS) is 16.2. The van der Waals surface area contributed by atoms with Gasteiger partial charge in [0.25, 0.3) is 0 Å². The molecule has 5 heteroatoms. The summed E-state index contributed by atoms with van der Waals surface area (Å²) in [6.45, 7) is 3.58. The molecular weight excluding hydrogens is 188 g/mol. The monoisotopic (exact) mass is 204 g/mol. The van der Waals surface area contributed by atoms with Gasteiger partial charge in [-0.05, 0) is 19.9 Å². The fraction of sp³-hybridized carbons (Fsp3) is 0.875. The summed E-state index contributed by atoms with van der Waals surface area (Å²) in [6.07, 6.45) is 1.38. The second-order valence-corrected chi connectivity index (χ2v) is 5.11. The van der Waals surface area contributed by atoms with Gasteiger partial charge in [-0.1, -0.05) is 20.3 Å². The van der Waals surface area contributed by atoms with Crippen molar-refractivity contribution in [1.82, 2.24) is 4.72 Å². The van der Waals surface area contributed by atoms with Crippen LogP contribution in [0.2, 0.25) is 0 Å². The maximum absolute atomic E-state index is 11.5. The van der Waals surface area contributed by atoms with Crippen LogP contribution < -0.4 is 4.72 Å². The van der Waals surface area contributed by atoms with Crippen molar-refractivity contribution in [2.75, 3.05) is 7.05 Å². The van der Waals surface area contributed by atoms with Gasteiger partial charge in [0, 0.05) is 0 Å². The lowest BCUT2D eigenvalue weighted by molar-refractivity contribution is 0.517. The van der Waals surface area contributed by atoms with Gasteiger partial charge < -0.3 is 0 Å². The highest BCUT2D eigenvalue weighted by atomic mass is 32.2. The Hall–Kier alpha value is -0.600. The van der Waals surface area contributed by atoms with Crippen molar-refractivity contribution in [3.63, 3.8) is 0 Å². The summed E-state index contributed by atoms with van der Waals surface area (Å²) in [7, 11) is -2.16. The molecule has 0 saturated carbocycles. The van der Waals surface area contributed by atoms with E-state index in [0.717, 1.165) is 0 Å². The van der Waals surface area contributed by atoms with E-state index in [-0.39, 0.29) is 0 Å². The molecule has 0 amide bonds. The Balaban J connectivity index is 5.13. The summed E-state index contributed by atoms with van der Waals surface area (Å²) in [6, 6.07) is 1.91. The number of nitriles is 1. The zero-order valence-electron chi connectivity index (χ0n) is 8.29. The van der Waals surface area contributed by atoms with Gasteiger partial charge in [0.1, 0.15) is 0 Å². The molecule has 0 spiro atoms. The van der Waals surface area contributed by atoms with Crippen molar-refractivity contribution in [2.24, 2.45) is 0 Å². The summed E-state index contributed by atoms with van der Waals surface area (Å²) in [4.78, 5) is 0. The molecule has 4 nitrogen and oxygen atoms in total. The quantitative estimate of drug-likeness (QED) is 0.726. The molecule has 0 aromatic carbocycles. The van der Waals surface area contributed by atoms with Crippen LogP contribution in [0.25, 0.3) is 0 Å². The largest absolute Gasteiger partial charge is 0.230 e. The van der Waals surface area contributed by atoms with Crippen molar-refractivity contribution >= 4 is 10.0 Å². The topological polar surface area (TPSA) is 70.0 Å².